The zero-order chi connectivity index (χ0) is 45.7. The van der Waals surface area contributed by atoms with E-state index in [1.165, 1.54) is 98.1 Å². The van der Waals surface area contributed by atoms with Gasteiger partial charge in [-0.1, -0.05) is 243 Å². The molecule has 0 radical (unpaired) electrons. The summed E-state index contributed by atoms with van der Waals surface area (Å²) in [5.74, 6) is 0. The van der Waals surface area contributed by atoms with E-state index < -0.39 is 5.41 Å². The molecule has 1 nitrogen and oxygen atoms in total. The van der Waals surface area contributed by atoms with Crippen LogP contribution in [0.25, 0.3) is 75.8 Å². The Morgan fingerprint density at radius 1 is 0.304 bits per heavy atom. The zero-order valence-corrected chi connectivity index (χ0v) is 38.7. The molecule has 0 aliphatic heterocycles. The highest BCUT2D eigenvalue weighted by atomic mass is 32.1. The summed E-state index contributed by atoms with van der Waals surface area (Å²) in [6.45, 7) is 0. The van der Waals surface area contributed by atoms with E-state index in [-0.39, 0.29) is 0 Å². The van der Waals surface area contributed by atoms with Crippen molar-refractivity contribution in [1.82, 2.24) is 0 Å². The molecule has 13 rings (SSSR count). The summed E-state index contributed by atoms with van der Waals surface area (Å²) in [6.07, 6.45) is 0. The fraction of sp³-hybridized carbons (Fsp3) is 0.0149. The third kappa shape index (κ3) is 6.60. The molecular weight excluding hydrogens is 851 g/mol. The number of rotatable bonds is 9. The van der Waals surface area contributed by atoms with Gasteiger partial charge in [0.1, 0.15) is 0 Å². The minimum absolute atomic E-state index is 0.514. The van der Waals surface area contributed by atoms with Gasteiger partial charge in [-0.2, -0.15) is 0 Å². The van der Waals surface area contributed by atoms with Crippen LogP contribution in [0, 0.1) is 0 Å². The number of para-hydroxylation sites is 1. The molecule has 0 bridgehead atoms. The Morgan fingerprint density at radius 3 is 1.52 bits per heavy atom. The van der Waals surface area contributed by atoms with Gasteiger partial charge in [-0.15, -0.1) is 11.3 Å². The highest BCUT2D eigenvalue weighted by Crippen LogP contribution is 2.58. The molecule has 12 aromatic rings. The second-order valence-electron chi connectivity index (χ2n) is 17.9. The van der Waals surface area contributed by atoms with E-state index in [0.717, 1.165) is 17.1 Å². The minimum atomic E-state index is -0.514. The van der Waals surface area contributed by atoms with Crippen LogP contribution in [-0.2, 0) is 5.41 Å². The topological polar surface area (TPSA) is 3.24 Å². The van der Waals surface area contributed by atoms with Crippen molar-refractivity contribution in [3.63, 3.8) is 0 Å². The molecular formula is C67H45NS. The van der Waals surface area contributed by atoms with Crippen molar-refractivity contribution >= 4 is 48.6 Å². The van der Waals surface area contributed by atoms with Gasteiger partial charge in [0.2, 0.25) is 0 Å². The summed E-state index contributed by atoms with van der Waals surface area (Å²) < 4.78 is 2.58. The summed E-state index contributed by atoms with van der Waals surface area (Å²) in [6, 6.07) is 101. The Balaban J connectivity index is 1.14. The third-order valence-electron chi connectivity index (χ3n) is 14.2. The lowest BCUT2D eigenvalue weighted by Crippen LogP contribution is -2.28. The summed E-state index contributed by atoms with van der Waals surface area (Å²) in [5, 5.41) is 2.58. The molecule has 69 heavy (non-hydrogen) atoms. The number of fused-ring (bicyclic) bond motifs is 6. The lowest BCUT2D eigenvalue weighted by molar-refractivity contribution is 0.768. The van der Waals surface area contributed by atoms with Crippen molar-refractivity contribution in [2.45, 2.75) is 5.41 Å². The molecule has 0 spiro atoms. The number of nitrogens with zero attached hydrogens (tertiary/aromatic N) is 1. The van der Waals surface area contributed by atoms with Crippen molar-refractivity contribution in [3.05, 3.63) is 295 Å². The molecule has 1 aliphatic carbocycles. The highest BCUT2D eigenvalue weighted by Gasteiger charge is 2.46. The summed E-state index contributed by atoms with van der Waals surface area (Å²) in [7, 11) is 0. The van der Waals surface area contributed by atoms with E-state index in [1.807, 2.05) is 11.3 Å². The normalized spacial score (nSPS) is 12.5. The quantitative estimate of drug-likeness (QED) is 0.140. The van der Waals surface area contributed by atoms with Gasteiger partial charge in [0.25, 0.3) is 0 Å². The van der Waals surface area contributed by atoms with Crippen LogP contribution in [0.1, 0.15) is 22.3 Å². The van der Waals surface area contributed by atoms with Gasteiger partial charge in [-0.05, 0) is 91.5 Å². The largest absolute Gasteiger partial charge is 0.309 e. The average molecular weight is 896 g/mol. The van der Waals surface area contributed by atoms with Crippen molar-refractivity contribution in [2.24, 2.45) is 0 Å². The van der Waals surface area contributed by atoms with Gasteiger partial charge in [0.05, 0.1) is 16.8 Å². The van der Waals surface area contributed by atoms with E-state index in [0.29, 0.717) is 0 Å². The fourth-order valence-corrected chi connectivity index (χ4v) is 12.5. The molecule has 2 heteroatoms. The maximum Gasteiger partial charge on any atom is 0.0713 e. The predicted molar refractivity (Wildman–Crippen MR) is 293 cm³/mol. The van der Waals surface area contributed by atoms with Gasteiger partial charge < -0.3 is 4.90 Å². The van der Waals surface area contributed by atoms with Crippen LogP contribution in [0.5, 0.6) is 0 Å². The van der Waals surface area contributed by atoms with Crippen LogP contribution >= 0.6 is 11.3 Å². The number of thiophene rings is 1. The highest BCUT2D eigenvalue weighted by molar-refractivity contribution is 7.26. The third-order valence-corrected chi connectivity index (χ3v) is 15.4. The van der Waals surface area contributed by atoms with E-state index >= 15 is 0 Å². The Bertz CT molecular complexity index is 3800. The monoisotopic (exact) mass is 895 g/mol. The van der Waals surface area contributed by atoms with Crippen LogP contribution < -0.4 is 4.90 Å². The smallest absolute Gasteiger partial charge is 0.0713 e. The summed E-state index contributed by atoms with van der Waals surface area (Å²) in [5.41, 5.74) is 19.8. The number of anilines is 3. The van der Waals surface area contributed by atoms with Gasteiger partial charge in [0, 0.05) is 42.6 Å². The van der Waals surface area contributed by atoms with Crippen molar-refractivity contribution in [3.8, 4) is 55.6 Å². The maximum atomic E-state index is 2.55. The first-order valence-electron chi connectivity index (χ1n) is 23.8. The maximum absolute atomic E-state index is 2.55. The molecule has 1 aliphatic rings. The van der Waals surface area contributed by atoms with Crippen LogP contribution in [0.15, 0.2) is 273 Å². The Kier molecular flexibility index (Phi) is 10.00. The molecule has 1 heterocycles. The summed E-state index contributed by atoms with van der Waals surface area (Å²) >= 11 is 1.88. The van der Waals surface area contributed by atoms with E-state index in [2.05, 4.69) is 278 Å². The van der Waals surface area contributed by atoms with E-state index in [4.69, 9.17) is 0 Å². The first-order valence-corrected chi connectivity index (χ1v) is 24.6. The lowest BCUT2D eigenvalue weighted by atomic mass is 9.68. The van der Waals surface area contributed by atoms with Crippen LogP contribution in [0.2, 0.25) is 0 Å². The Hall–Kier alpha value is -8.56. The predicted octanol–water partition coefficient (Wildman–Crippen LogP) is 18.6. The average Bonchev–Trinajstić information content (AvgIpc) is 3.96. The second kappa shape index (κ2) is 16.9. The first-order chi connectivity index (χ1) is 34.3. The van der Waals surface area contributed by atoms with Crippen LogP contribution in [-0.4, -0.2) is 0 Å². The van der Waals surface area contributed by atoms with Crippen LogP contribution in [0.3, 0.4) is 0 Å². The molecule has 11 aromatic carbocycles. The number of hydrogen-bond acceptors (Lipinski definition) is 2. The molecule has 0 saturated heterocycles. The molecule has 324 valence electrons. The molecule has 0 saturated carbocycles. The van der Waals surface area contributed by atoms with E-state index in [1.54, 1.807) is 0 Å². The van der Waals surface area contributed by atoms with Crippen molar-refractivity contribution in [2.75, 3.05) is 4.90 Å². The molecule has 0 atom stereocenters. The first kappa shape index (κ1) is 40.7. The van der Waals surface area contributed by atoms with Gasteiger partial charge in [-0.3, -0.25) is 0 Å². The van der Waals surface area contributed by atoms with Crippen LogP contribution in [0.4, 0.5) is 17.1 Å². The molecule has 1 aromatic heterocycles. The number of benzene rings is 11. The van der Waals surface area contributed by atoms with Gasteiger partial charge in [0.15, 0.2) is 0 Å². The minimum Gasteiger partial charge on any atom is -0.309 e. The second-order valence-corrected chi connectivity index (χ2v) is 18.9. The molecule has 0 N–H and O–H groups in total. The number of hydrogen-bond donors (Lipinski definition) is 0. The Morgan fingerprint density at radius 2 is 0.797 bits per heavy atom. The summed E-state index contributed by atoms with van der Waals surface area (Å²) in [4.78, 5) is 2.55. The zero-order valence-electron chi connectivity index (χ0n) is 37.8. The van der Waals surface area contributed by atoms with Crippen molar-refractivity contribution < 1.29 is 0 Å². The van der Waals surface area contributed by atoms with Gasteiger partial charge >= 0.3 is 0 Å². The van der Waals surface area contributed by atoms with Crippen molar-refractivity contribution in [1.29, 1.82) is 0 Å². The molecule has 0 fully saturated rings. The van der Waals surface area contributed by atoms with E-state index in [9.17, 15) is 0 Å². The Labute approximate surface area is 407 Å². The lowest BCUT2D eigenvalue weighted by Gasteiger charge is -2.34. The molecule has 0 amide bonds. The van der Waals surface area contributed by atoms with Gasteiger partial charge in [-0.25, -0.2) is 0 Å². The molecule has 0 unspecified atom stereocenters. The standard InChI is InChI=1S/C67H45NS/c1-5-23-46(24-6-1)51-31-13-14-35-56(51)65-52(47-25-7-2-8-26-47)36-22-41-63(65)68(62-40-19-16-33-54(62)57-37-21-38-58-55-34-17-20-42-64(55)69-66(57)58)50-43-44-61-59(45-50)53-32-15-18-39-60(53)67(61,48-27-9-3-10-28-48)49-29-11-4-12-30-49/h1-45H. The fourth-order valence-electron chi connectivity index (χ4n) is 11.3. The SMILES string of the molecule is c1ccc(-c2ccccc2-c2c(-c3ccccc3)cccc2N(c2ccc3c(c2)-c2ccccc2C3(c2ccccc2)c2ccccc2)c2ccccc2-c2cccc3c2sc2ccccc23)cc1.